The van der Waals surface area contributed by atoms with Crippen LogP contribution < -0.4 is 13.6 Å². The highest BCUT2D eigenvalue weighted by Crippen LogP contribution is 2.57. The quantitative estimate of drug-likeness (QED) is 0.307. The van der Waals surface area contributed by atoms with Gasteiger partial charge in [0.2, 0.25) is 0 Å². The number of hydrogen-bond donors (Lipinski definition) is 3. The van der Waals surface area contributed by atoms with Gasteiger partial charge in [-0.2, -0.15) is 4.57 Å². The molecule has 0 saturated heterocycles. The maximum Gasteiger partial charge on any atom is 0.647 e. The Kier molecular flexibility index (Phi) is 7.05. The third-order valence-corrected chi connectivity index (χ3v) is 8.07. The number of phosphoric acid groups is 1. The summed E-state index contributed by atoms with van der Waals surface area (Å²) in [5.41, 5.74) is 6.64. The number of aryl methyl sites for hydroxylation is 3. The fourth-order valence-corrected chi connectivity index (χ4v) is 5.32. The Bertz CT molecular complexity index is 1210. The zero-order valence-corrected chi connectivity index (χ0v) is 22.5. The van der Waals surface area contributed by atoms with Crippen LogP contribution in [0.5, 0.6) is 34.5 Å². The van der Waals surface area contributed by atoms with Crippen LogP contribution in [0.15, 0.2) is 18.2 Å². The minimum Gasteiger partial charge on any atom is -0.504 e. The van der Waals surface area contributed by atoms with Crippen molar-refractivity contribution in [2.45, 2.75) is 62.3 Å². The fourth-order valence-electron chi connectivity index (χ4n) is 3.85. The van der Waals surface area contributed by atoms with Gasteiger partial charge in [0.25, 0.3) is 0 Å². The largest absolute Gasteiger partial charge is 0.647 e. The number of phenolic OH excluding ortho intramolecular Hbond substituents is 3. The Morgan fingerprint density at radius 1 is 0.486 bits per heavy atom. The van der Waals surface area contributed by atoms with Gasteiger partial charge in [0.1, 0.15) is 0 Å². The zero-order valence-electron chi connectivity index (χ0n) is 21.7. The molecule has 3 N–H and O–H groups in total. The summed E-state index contributed by atoms with van der Waals surface area (Å²) < 4.78 is 31.6. The van der Waals surface area contributed by atoms with Crippen LogP contribution in [0.3, 0.4) is 0 Å². The molecule has 3 aromatic carbocycles. The first-order valence-electron chi connectivity index (χ1n) is 11.2. The van der Waals surface area contributed by atoms with E-state index in [0.717, 1.165) is 33.4 Å². The Hall–Kier alpha value is -3.31. The van der Waals surface area contributed by atoms with E-state index in [4.69, 9.17) is 13.6 Å². The van der Waals surface area contributed by atoms with Gasteiger partial charge in [-0.05, 0) is 131 Å². The van der Waals surface area contributed by atoms with Crippen LogP contribution >= 0.6 is 7.82 Å². The normalized spacial score (nSPS) is 11.5. The average Bonchev–Trinajstić information content (AvgIpc) is 2.78. The summed E-state index contributed by atoms with van der Waals surface area (Å²) in [6.07, 6.45) is 0. The summed E-state index contributed by atoms with van der Waals surface area (Å²) in [7, 11) is -4.63. The summed E-state index contributed by atoms with van der Waals surface area (Å²) in [6.45, 7) is 16.2. The highest BCUT2D eigenvalue weighted by molar-refractivity contribution is 7.49. The molecule has 0 fully saturated rings. The first kappa shape index (κ1) is 26.3. The number of phenols is 3. The van der Waals surface area contributed by atoms with Crippen LogP contribution in [-0.2, 0) is 4.57 Å². The lowest BCUT2D eigenvalue weighted by Gasteiger charge is -2.25. The lowest BCUT2D eigenvalue weighted by atomic mass is 10.0. The molecule has 0 bridgehead atoms. The van der Waals surface area contributed by atoms with Crippen LogP contribution in [0.2, 0.25) is 0 Å². The van der Waals surface area contributed by atoms with Crippen molar-refractivity contribution >= 4 is 7.82 Å². The van der Waals surface area contributed by atoms with Crippen molar-refractivity contribution in [2.75, 3.05) is 0 Å². The SMILES string of the molecule is Cc1cc(O)c(OP(=O)(Oc2c(O)cc(C)c(C)c2C)Oc2c(O)cc(C)c(C)c2C)c(C)c1C. The van der Waals surface area contributed by atoms with E-state index in [1.165, 1.54) is 18.2 Å². The lowest BCUT2D eigenvalue weighted by Crippen LogP contribution is -2.11. The second kappa shape index (κ2) is 9.38. The van der Waals surface area contributed by atoms with Crippen LogP contribution in [0, 0.1) is 62.3 Å². The molecule has 0 spiro atoms. The number of benzene rings is 3. The van der Waals surface area contributed by atoms with E-state index >= 15 is 0 Å². The van der Waals surface area contributed by atoms with Gasteiger partial charge in [0.15, 0.2) is 34.5 Å². The molecule has 3 aromatic rings. The van der Waals surface area contributed by atoms with Crippen LogP contribution in [0.1, 0.15) is 50.1 Å². The molecule has 0 unspecified atom stereocenters. The first-order chi connectivity index (χ1) is 16.2. The monoisotopic (exact) mass is 500 g/mol. The summed E-state index contributed by atoms with van der Waals surface area (Å²) >= 11 is 0. The molecule has 0 aliphatic rings. The lowest BCUT2D eigenvalue weighted by molar-refractivity contribution is 0.279. The molecular formula is C27H33O7P. The number of aromatic hydroxyl groups is 3. The number of hydrogen-bond acceptors (Lipinski definition) is 7. The molecule has 0 heterocycles. The Morgan fingerprint density at radius 2 is 0.714 bits per heavy atom. The van der Waals surface area contributed by atoms with Gasteiger partial charge >= 0.3 is 7.82 Å². The molecule has 35 heavy (non-hydrogen) atoms. The average molecular weight is 501 g/mol. The smallest absolute Gasteiger partial charge is 0.504 e. The van der Waals surface area contributed by atoms with Crippen molar-refractivity contribution in [1.29, 1.82) is 0 Å². The molecule has 7 nitrogen and oxygen atoms in total. The molecule has 0 aliphatic carbocycles. The first-order valence-corrected chi connectivity index (χ1v) is 12.7. The second-order valence-electron chi connectivity index (χ2n) is 9.10. The van der Waals surface area contributed by atoms with Crippen LogP contribution in [-0.4, -0.2) is 15.3 Å². The summed E-state index contributed by atoms with van der Waals surface area (Å²) in [4.78, 5) is 0. The van der Waals surface area contributed by atoms with Crippen molar-refractivity contribution in [1.82, 2.24) is 0 Å². The van der Waals surface area contributed by atoms with Gasteiger partial charge in [0.05, 0.1) is 0 Å². The van der Waals surface area contributed by atoms with Crippen LogP contribution in [0.4, 0.5) is 0 Å². The van der Waals surface area contributed by atoms with E-state index in [2.05, 4.69) is 0 Å². The Labute approximate surface area is 206 Å². The summed E-state index contributed by atoms with van der Waals surface area (Å²) in [5, 5.41) is 31.8. The van der Waals surface area contributed by atoms with E-state index in [-0.39, 0.29) is 34.5 Å². The van der Waals surface area contributed by atoms with Crippen molar-refractivity contribution in [3.63, 3.8) is 0 Å². The Balaban J connectivity index is 2.21. The topological polar surface area (TPSA) is 105 Å². The van der Waals surface area contributed by atoms with Crippen LogP contribution in [0.25, 0.3) is 0 Å². The summed E-state index contributed by atoms with van der Waals surface area (Å²) in [6, 6.07) is 4.50. The molecule has 8 heteroatoms. The van der Waals surface area contributed by atoms with Gasteiger partial charge < -0.3 is 28.9 Å². The molecule has 0 aliphatic heterocycles. The third-order valence-electron chi connectivity index (χ3n) is 6.85. The number of rotatable bonds is 6. The zero-order chi connectivity index (χ0) is 26.4. The standard InChI is InChI=1S/C27H33O7P/c1-13-10-22(28)25(19(7)16(13)4)32-35(31,33-26-20(8)17(5)14(2)11-23(26)29)34-27-21(9)18(6)15(3)12-24(27)30/h10-12,28-30H,1-9H3. The van der Waals surface area contributed by atoms with Crippen molar-refractivity contribution in [2.24, 2.45) is 0 Å². The minimum absolute atomic E-state index is 0.0709. The predicted octanol–water partition coefficient (Wildman–Crippen LogP) is 7.22. The maximum absolute atomic E-state index is 14.2. The van der Waals surface area contributed by atoms with Gasteiger partial charge in [-0.25, -0.2) is 0 Å². The van der Waals surface area contributed by atoms with Crippen molar-refractivity contribution in [3.8, 4) is 34.5 Å². The molecule has 0 radical (unpaired) electrons. The van der Waals surface area contributed by atoms with E-state index < -0.39 is 7.82 Å². The van der Waals surface area contributed by atoms with Gasteiger partial charge in [0, 0.05) is 0 Å². The molecule has 188 valence electrons. The van der Waals surface area contributed by atoms with E-state index in [0.29, 0.717) is 16.7 Å². The Morgan fingerprint density at radius 3 is 0.943 bits per heavy atom. The predicted molar refractivity (Wildman–Crippen MR) is 136 cm³/mol. The van der Waals surface area contributed by atoms with E-state index in [1.807, 2.05) is 41.5 Å². The fraction of sp³-hybridized carbons (Fsp3) is 0.333. The molecule has 0 amide bonds. The molecular weight excluding hydrogens is 467 g/mol. The molecule has 0 aromatic heterocycles. The maximum atomic E-state index is 14.2. The minimum atomic E-state index is -4.63. The number of phosphoric ester groups is 1. The van der Waals surface area contributed by atoms with Crippen molar-refractivity contribution in [3.05, 3.63) is 68.3 Å². The van der Waals surface area contributed by atoms with E-state index in [9.17, 15) is 19.9 Å². The third kappa shape index (κ3) is 4.92. The van der Waals surface area contributed by atoms with Gasteiger partial charge in [-0.1, -0.05) is 0 Å². The highest BCUT2D eigenvalue weighted by atomic mass is 31.2. The second-order valence-corrected chi connectivity index (χ2v) is 10.5. The van der Waals surface area contributed by atoms with Gasteiger partial charge in [-0.15, -0.1) is 0 Å². The van der Waals surface area contributed by atoms with Gasteiger partial charge in [-0.3, -0.25) is 0 Å². The van der Waals surface area contributed by atoms with E-state index in [1.54, 1.807) is 20.8 Å². The molecule has 3 rings (SSSR count). The van der Waals surface area contributed by atoms with Crippen molar-refractivity contribution < 1.29 is 33.5 Å². The highest BCUT2D eigenvalue weighted by Gasteiger charge is 2.38. The molecule has 0 atom stereocenters. The summed E-state index contributed by atoms with van der Waals surface area (Å²) in [5.74, 6) is -0.921. The molecule has 0 saturated carbocycles.